The van der Waals surface area contributed by atoms with Gasteiger partial charge < -0.3 is 14.5 Å². The molecule has 0 aliphatic carbocycles. The molecule has 2 heterocycles. The fourth-order valence-electron chi connectivity index (χ4n) is 1.99. The molecule has 2 rings (SSSR count). The number of aromatic nitrogens is 3. The Balaban J connectivity index is 2.18. The molecule has 0 amide bonds. The number of nitrogens with one attached hydrogen (secondary N) is 1. The van der Waals surface area contributed by atoms with Crippen molar-refractivity contribution in [2.24, 2.45) is 5.84 Å². The number of hydrogen-bond donors (Lipinski definition) is 2. The highest BCUT2D eigenvalue weighted by atomic mass is 16.5. The fourth-order valence-corrected chi connectivity index (χ4v) is 1.99. The van der Waals surface area contributed by atoms with E-state index >= 15 is 0 Å². The lowest BCUT2D eigenvalue weighted by Gasteiger charge is -2.27. The van der Waals surface area contributed by atoms with Gasteiger partial charge in [-0.05, 0) is 6.42 Å². The average molecular weight is 281 g/mol. The number of nitrogen functional groups attached to an aromatic ring is 1. The SMILES string of the molecule is CCCCN(C)c1nc(NN)nc(N2CCOCC2)n1. The molecule has 0 spiro atoms. The van der Waals surface area contributed by atoms with Crippen molar-refractivity contribution >= 4 is 17.8 Å². The van der Waals surface area contributed by atoms with Crippen LogP contribution >= 0.6 is 0 Å². The third-order valence-corrected chi connectivity index (χ3v) is 3.22. The van der Waals surface area contributed by atoms with Gasteiger partial charge in [0.05, 0.1) is 13.2 Å². The lowest BCUT2D eigenvalue weighted by molar-refractivity contribution is 0.122. The van der Waals surface area contributed by atoms with Crippen molar-refractivity contribution in [3.8, 4) is 0 Å². The van der Waals surface area contributed by atoms with Gasteiger partial charge in [0.15, 0.2) is 0 Å². The molecule has 8 heteroatoms. The summed E-state index contributed by atoms with van der Waals surface area (Å²) in [4.78, 5) is 17.3. The molecule has 1 saturated heterocycles. The maximum absolute atomic E-state index is 5.45. The first-order valence-corrected chi connectivity index (χ1v) is 7.01. The van der Waals surface area contributed by atoms with Gasteiger partial charge in [-0.1, -0.05) is 13.3 Å². The topological polar surface area (TPSA) is 92.4 Å². The molecule has 1 aliphatic rings. The Hall–Kier alpha value is -1.67. The zero-order valence-electron chi connectivity index (χ0n) is 12.2. The molecule has 3 N–H and O–H groups in total. The summed E-state index contributed by atoms with van der Waals surface area (Å²) in [7, 11) is 1.98. The predicted molar refractivity (Wildman–Crippen MR) is 78.8 cm³/mol. The summed E-state index contributed by atoms with van der Waals surface area (Å²) in [6, 6.07) is 0. The van der Waals surface area contributed by atoms with E-state index in [1.165, 1.54) is 0 Å². The Bertz CT molecular complexity index is 422. The number of ether oxygens (including phenoxy) is 1. The Morgan fingerprint density at radius 3 is 2.70 bits per heavy atom. The van der Waals surface area contributed by atoms with E-state index in [1.807, 2.05) is 11.9 Å². The van der Waals surface area contributed by atoms with Crippen molar-refractivity contribution in [2.45, 2.75) is 19.8 Å². The van der Waals surface area contributed by atoms with E-state index < -0.39 is 0 Å². The first kappa shape index (κ1) is 14.7. The molecule has 1 fully saturated rings. The molecule has 0 atom stereocenters. The number of unbranched alkanes of at least 4 members (excludes halogenated alkanes) is 1. The standard InChI is InChI=1S/C12H23N7O/c1-3-4-5-18(2)11-14-10(17-13)15-12(16-11)19-6-8-20-9-7-19/h3-9,13H2,1-2H3,(H,14,15,16,17). The van der Waals surface area contributed by atoms with Crippen LogP contribution in [0.4, 0.5) is 17.8 Å². The molecule has 1 aromatic heterocycles. The third-order valence-electron chi connectivity index (χ3n) is 3.22. The van der Waals surface area contributed by atoms with Gasteiger partial charge in [-0.25, -0.2) is 5.84 Å². The fraction of sp³-hybridized carbons (Fsp3) is 0.750. The Morgan fingerprint density at radius 1 is 1.30 bits per heavy atom. The molecular weight excluding hydrogens is 258 g/mol. The van der Waals surface area contributed by atoms with Gasteiger partial charge in [0.2, 0.25) is 17.8 Å². The van der Waals surface area contributed by atoms with E-state index in [2.05, 4.69) is 32.2 Å². The van der Waals surface area contributed by atoms with E-state index in [9.17, 15) is 0 Å². The lowest BCUT2D eigenvalue weighted by Crippen LogP contribution is -2.38. The van der Waals surface area contributed by atoms with Gasteiger partial charge in [0.1, 0.15) is 0 Å². The number of rotatable bonds is 6. The molecule has 0 aromatic carbocycles. The summed E-state index contributed by atoms with van der Waals surface area (Å²) < 4.78 is 5.34. The summed E-state index contributed by atoms with van der Waals surface area (Å²) >= 11 is 0. The third kappa shape index (κ3) is 3.67. The number of hydrogen-bond acceptors (Lipinski definition) is 8. The summed E-state index contributed by atoms with van der Waals surface area (Å²) in [5.74, 6) is 7.13. The second-order valence-electron chi connectivity index (χ2n) is 4.78. The average Bonchev–Trinajstić information content (AvgIpc) is 2.52. The van der Waals surface area contributed by atoms with Crippen LogP contribution in [0, 0.1) is 0 Å². The highest BCUT2D eigenvalue weighted by Gasteiger charge is 2.17. The molecule has 0 radical (unpaired) electrons. The van der Waals surface area contributed by atoms with Crippen molar-refractivity contribution in [3.63, 3.8) is 0 Å². The van der Waals surface area contributed by atoms with E-state index in [4.69, 9.17) is 10.6 Å². The van der Waals surface area contributed by atoms with Crippen molar-refractivity contribution in [2.75, 3.05) is 55.1 Å². The number of nitrogens with two attached hydrogens (primary N) is 1. The molecule has 20 heavy (non-hydrogen) atoms. The van der Waals surface area contributed by atoms with Crippen LogP contribution < -0.4 is 21.1 Å². The maximum Gasteiger partial charge on any atom is 0.243 e. The van der Waals surface area contributed by atoms with Crippen molar-refractivity contribution < 1.29 is 4.74 Å². The number of nitrogens with zero attached hydrogens (tertiary/aromatic N) is 5. The van der Waals surface area contributed by atoms with E-state index in [0.717, 1.165) is 32.5 Å². The highest BCUT2D eigenvalue weighted by Crippen LogP contribution is 2.16. The minimum Gasteiger partial charge on any atom is -0.378 e. The molecule has 0 bridgehead atoms. The van der Waals surface area contributed by atoms with Crippen LogP contribution in [0.5, 0.6) is 0 Å². The largest absolute Gasteiger partial charge is 0.378 e. The van der Waals surface area contributed by atoms with Crippen LogP contribution in [-0.2, 0) is 4.74 Å². The molecule has 0 saturated carbocycles. The quantitative estimate of drug-likeness (QED) is 0.565. The minimum absolute atomic E-state index is 0.389. The number of morpholine rings is 1. The summed E-state index contributed by atoms with van der Waals surface area (Å²) in [5, 5.41) is 0. The van der Waals surface area contributed by atoms with Gasteiger partial charge in [-0.2, -0.15) is 15.0 Å². The maximum atomic E-state index is 5.45. The van der Waals surface area contributed by atoms with Gasteiger partial charge >= 0.3 is 0 Å². The van der Waals surface area contributed by atoms with Gasteiger partial charge in [0, 0.05) is 26.7 Å². The van der Waals surface area contributed by atoms with Crippen LogP contribution in [0.3, 0.4) is 0 Å². The monoisotopic (exact) mass is 281 g/mol. The van der Waals surface area contributed by atoms with E-state index in [0.29, 0.717) is 31.1 Å². The molecule has 1 aromatic rings. The zero-order valence-corrected chi connectivity index (χ0v) is 12.2. The number of anilines is 3. The molecular formula is C12H23N7O. The number of hydrazine groups is 1. The van der Waals surface area contributed by atoms with Crippen molar-refractivity contribution in [3.05, 3.63) is 0 Å². The Kier molecular flexibility index (Phi) is 5.31. The summed E-state index contributed by atoms with van der Waals surface area (Å²) in [5.41, 5.74) is 2.51. The lowest BCUT2D eigenvalue weighted by atomic mass is 10.3. The molecule has 1 aliphatic heterocycles. The Morgan fingerprint density at radius 2 is 2.05 bits per heavy atom. The van der Waals surface area contributed by atoms with Crippen molar-refractivity contribution in [1.82, 2.24) is 15.0 Å². The van der Waals surface area contributed by atoms with Crippen LogP contribution in [0.1, 0.15) is 19.8 Å². The van der Waals surface area contributed by atoms with E-state index in [-0.39, 0.29) is 0 Å². The predicted octanol–water partition coefficient (Wildman–Crippen LogP) is 0.230. The first-order chi connectivity index (χ1) is 9.74. The van der Waals surface area contributed by atoms with Crippen LogP contribution in [0.15, 0.2) is 0 Å². The molecule has 0 unspecified atom stereocenters. The smallest absolute Gasteiger partial charge is 0.243 e. The van der Waals surface area contributed by atoms with E-state index in [1.54, 1.807) is 0 Å². The molecule has 8 nitrogen and oxygen atoms in total. The Labute approximate surface area is 119 Å². The van der Waals surface area contributed by atoms with Crippen LogP contribution in [0.25, 0.3) is 0 Å². The van der Waals surface area contributed by atoms with Gasteiger partial charge in [0.25, 0.3) is 0 Å². The zero-order chi connectivity index (χ0) is 14.4. The minimum atomic E-state index is 0.389. The highest BCUT2D eigenvalue weighted by molar-refractivity contribution is 5.44. The normalized spacial score (nSPS) is 15.2. The summed E-state index contributed by atoms with van der Waals surface area (Å²) in [6.45, 7) is 6.02. The van der Waals surface area contributed by atoms with Gasteiger partial charge in [-0.3, -0.25) is 5.43 Å². The summed E-state index contributed by atoms with van der Waals surface area (Å²) in [6.07, 6.45) is 2.23. The van der Waals surface area contributed by atoms with Gasteiger partial charge in [-0.15, -0.1) is 0 Å². The second-order valence-corrected chi connectivity index (χ2v) is 4.78. The van der Waals surface area contributed by atoms with Crippen LogP contribution in [0.2, 0.25) is 0 Å². The molecule has 112 valence electrons. The second kappa shape index (κ2) is 7.20. The van der Waals surface area contributed by atoms with Crippen molar-refractivity contribution in [1.29, 1.82) is 0 Å². The van der Waals surface area contributed by atoms with Crippen LogP contribution in [-0.4, -0.2) is 54.8 Å². The first-order valence-electron chi connectivity index (χ1n) is 7.01.